The Hall–Kier alpha value is -0.640. The molecular weight excluding hydrogens is 170 g/mol. The third-order valence-corrected chi connectivity index (χ3v) is 3.63. The zero-order valence-electron chi connectivity index (χ0n) is 7.16. The standard InChI is InChI=1S/C8H13N3S/c1-11-8(6(9)5-10-11)7-3-2-4-12-7/h5,7H,2-4,9H2,1H3. The second-order valence-electron chi connectivity index (χ2n) is 3.11. The van der Waals surface area contributed by atoms with Crippen molar-refractivity contribution < 1.29 is 0 Å². The number of anilines is 1. The summed E-state index contributed by atoms with van der Waals surface area (Å²) in [5.41, 5.74) is 7.87. The minimum atomic E-state index is 0.581. The molecule has 2 rings (SSSR count). The molecule has 2 heterocycles. The Morgan fingerprint density at radius 2 is 2.58 bits per heavy atom. The number of aryl methyl sites for hydroxylation is 1. The van der Waals surface area contributed by atoms with Gasteiger partial charge in [0.15, 0.2) is 0 Å². The van der Waals surface area contributed by atoms with Crippen LogP contribution in [0.4, 0.5) is 5.69 Å². The number of thioether (sulfide) groups is 1. The number of rotatable bonds is 1. The van der Waals surface area contributed by atoms with E-state index in [0.29, 0.717) is 5.25 Å². The van der Waals surface area contributed by atoms with Crippen molar-refractivity contribution in [2.45, 2.75) is 18.1 Å². The number of aromatic nitrogens is 2. The molecule has 1 aromatic heterocycles. The average molecular weight is 183 g/mol. The molecule has 66 valence electrons. The maximum absolute atomic E-state index is 5.82. The molecule has 1 aromatic rings. The van der Waals surface area contributed by atoms with Crippen LogP contribution in [0.25, 0.3) is 0 Å². The van der Waals surface area contributed by atoms with Crippen molar-refractivity contribution >= 4 is 17.4 Å². The van der Waals surface area contributed by atoms with Crippen molar-refractivity contribution in [2.75, 3.05) is 11.5 Å². The van der Waals surface area contributed by atoms with Gasteiger partial charge in [0.2, 0.25) is 0 Å². The van der Waals surface area contributed by atoms with Crippen LogP contribution in [0.3, 0.4) is 0 Å². The Morgan fingerprint density at radius 1 is 1.75 bits per heavy atom. The van der Waals surface area contributed by atoms with Gasteiger partial charge in [-0.15, -0.1) is 0 Å². The summed E-state index contributed by atoms with van der Waals surface area (Å²) in [4.78, 5) is 0. The average Bonchev–Trinajstić information content (AvgIpc) is 2.61. The molecule has 0 saturated carbocycles. The van der Waals surface area contributed by atoms with Crippen LogP contribution >= 0.6 is 11.8 Å². The lowest BCUT2D eigenvalue weighted by Crippen LogP contribution is -2.02. The van der Waals surface area contributed by atoms with Gasteiger partial charge >= 0.3 is 0 Å². The molecule has 1 fully saturated rings. The number of hydrogen-bond donors (Lipinski definition) is 1. The smallest absolute Gasteiger partial charge is 0.0744 e. The summed E-state index contributed by atoms with van der Waals surface area (Å²) in [6.07, 6.45) is 4.29. The molecular formula is C8H13N3S. The molecule has 0 spiro atoms. The van der Waals surface area contributed by atoms with E-state index in [1.165, 1.54) is 24.3 Å². The number of nitrogen functional groups attached to an aromatic ring is 1. The molecule has 1 atom stereocenters. The maximum atomic E-state index is 5.82. The van der Waals surface area contributed by atoms with Gasteiger partial charge in [-0.2, -0.15) is 16.9 Å². The molecule has 2 N–H and O–H groups in total. The first-order valence-corrected chi connectivity index (χ1v) is 5.23. The Balaban J connectivity index is 2.30. The summed E-state index contributed by atoms with van der Waals surface area (Å²) >= 11 is 1.99. The lowest BCUT2D eigenvalue weighted by molar-refractivity contribution is 0.684. The van der Waals surface area contributed by atoms with Gasteiger partial charge in [-0.05, 0) is 18.6 Å². The van der Waals surface area contributed by atoms with Gasteiger partial charge in [-0.25, -0.2) is 0 Å². The fourth-order valence-corrected chi connectivity index (χ4v) is 3.05. The van der Waals surface area contributed by atoms with E-state index in [4.69, 9.17) is 5.73 Å². The van der Waals surface area contributed by atoms with Gasteiger partial charge < -0.3 is 5.73 Å². The minimum absolute atomic E-state index is 0.581. The molecule has 0 aromatic carbocycles. The van der Waals surface area contributed by atoms with E-state index >= 15 is 0 Å². The quantitative estimate of drug-likeness (QED) is 0.718. The number of hydrogen-bond acceptors (Lipinski definition) is 3. The van der Waals surface area contributed by atoms with Crippen LogP contribution in [0.15, 0.2) is 6.20 Å². The van der Waals surface area contributed by atoms with Gasteiger partial charge in [0.25, 0.3) is 0 Å². The second-order valence-corrected chi connectivity index (χ2v) is 4.42. The third-order valence-electron chi connectivity index (χ3n) is 2.25. The zero-order chi connectivity index (χ0) is 8.55. The maximum Gasteiger partial charge on any atom is 0.0744 e. The summed E-state index contributed by atoms with van der Waals surface area (Å²) in [5, 5.41) is 4.72. The first kappa shape index (κ1) is 7.98. The van der Waals surface area contributed by atoms with E-state index in [1.54, 1.807) is 6.20 Å². The monoisotopic (exact) mass is 183 g/mol. The molecule has 0 radical (unpaired) electrons. The van der Waals surface area contributed by atoms with Crippen LogP contribution in [-0.4, -0.2) is 15.5 Å². The first-order chi connectivity index (χ1) is 5.79. The van der Waals surface area contributed by atoms with Crippen molar-refractivity contribution in [3.63, 3.8) is 0 Å². The molecule has 1 aliphatic rings. The second kappa shape index (κ2) is 3.01. The highest BCUT2D eigenvalue weighted by Gasteiger charge is 2.22. The SMILES string of the molecule is Cn1ncc(N)c1C1CCCS1. The zero-order valence-corrected chi connectivity index (χ0v) is 7.97. The predicted molar refractivity (Wildman–Crippen MR) is 52.1 cm³/mol. The van der Waals surface area contributed by atoms with Crippen molar-refractivity contribution in [3.8, 4) is 0 Å². The molecule has 0 aliphatic carbocycles. The Labute approximate surface area is 76.3 Å². The number of nitrogens with zero attached hydrogens (tertiary/aromatic N) is 2. The van der Waals surface area contributed by atoms with E-state index in [9.17, 15) is 0 Å². The summed E-state index contributed by atoms with van der Waals surface area (Å²) < 4.78 is 1.90. The lowest BCUT2D eigenvalue weighted by Gasteiger charge is -2.09. The fourth-order valence-electron chi connectivity index (χ4n) is 1.65. The van der Waals surface area contributed by atoms with Gasteiger partial charge in [0.05, 0.1) is 17.6 Å². The summed E-state index contributed by atoms with van der Waals surface area (Å²) in [5.74, 6) is 1.26. The van der Waals surface area contributed by atoms with Gasteiger partial charge in [0.1, 0.15) is 0 Å². The van der Waals surface area contributed by atoms with Crippen molar-refractivity contribution in [3.05, 3.63) is 11.9 Å². The van der Waals surface area contributed by atoms with E-state index in [2.05, 4.69) is 5.10 Å². The van der Waals surface area contributed by atoms with Gasteiger partial charge in [0, 0.05) is 12.3 Å². The Kier molecular flexibility index (Phi) is 2.00. The summed E-state index contributed by atoms with van der Waals surface area (Å²) in [6, 6.07) is 0. The molecule has 12 heavy (non-hydrogen) atoms. The topological polar surface area (TPSA) is 43.8 Å². The molecule has 1 unspecified atom stereocenters. The highest BCUT2D eigenvalue weighted by Crippen LogP contribution is 2.41. The van der Waals surface area contributed by atoms with Crippen LogP contribution in [0.2, 0.25) is 0 Å². The van der Waals surface area contributed by atoms with Crippen LogP contribution in [0.1, 0.15) is 23.8 Å². The largest absolute Gasteiger partial charge is 0.396 e. The van der Waals surface area contributed by atoms with Crippen LogP contribution in [-0.2, 0) is 7.05 Å². The van der Waals surface area contributed by atoms with E-state index in [1.807, 2.05) is 23.5 Å². The van der Waals surface area contributed by atoms with E-state index < -0.39 is 0 Å². The van der Waals surface area contributed by atoms with Crippen LogP contribution in [0.5, 0.6) is 0 Å². The third kappa shape index (κ3) is 1.20. The van der Waals surface area contributed by atoms with Crippen molar-refractivity contribution in [1.29, 1.82) is 0 Å². The molecule has 0 bridgehead atoms. The van der Waals surface area contributed by atoms with Gasteiger partial charge in [-0.3, -0.25) is 4.68 Å². The van der Waals surface area contributed by atoms with Crippen molar-refractivity contribution in [2.24, 2.45) is 7.05 Å². The summed E-state index contributed by atoms with van der Waals surface area (Å²) in [7, 11) is 1.96. The Morgan fingerprint density at radius 3 is 3.08 bits per heavy atom. The molecule has 4 heteroatoms. The van der Waals surface area contributed by atoms with Crippen LogP contribution in [0, 0.1) is 0 Å². The number of nitrogens with two attached hydrogens (primary N) is 1. The molecule has 3 nitrogen and oxygen atoms in total. The van der Waals surface area contributed by atoms with E-state index in [-0.39, 0.29) is 0 Å². The first-order valence-electron chi connectivity index (χ1n) is 4.18. The highest BCUT2D eigenvalue weighted by atomic mass is 32.2. The Bertz CT molecular complexity index is 256. The molecule has 1 aliphatic heterocycles. The van der Waals surface area contributed by atoms with E-state index in [0.717, 1.165) is 5.69 Å². The minimum Gasteiger partial charge on any atom is -0.396 e. The van der Waals surface area contributed by atoms with Crippen molar-refractivity contribution in [1.82, 2.24) is 9.78 Å². The molecule has 0 amide bonds. The summed E-state index contributed by atoms with van der Waals surface area (Å²) in [6.45, 7) is 0. The normalized spacial score (nSPS) is 23.2. The highest BCUT2D eigenvalue weighted by molar-refractivity contribution is 7.99. The predicted octanol–water partition coefficient (Wildman–Crippen LogP) is 1.57. The van der Waals surface area contributed by atoms with Crippen LogP contribution < -0.4 is 5.73 Å². The van der Waals surface area contributed by atoms with Gasteiger partial charge in [-0.1, -0.05) is 0 Å². The lowest BCUT2D eigenvalue weighted by atomic mass is 10.2. The fraction of sp³-hybridized carbons (Fsp3) is 0.625. The molecule has 1 saturated heterocycles.